The van der Waals surface area contributed by atoms with Gasteiger partial charge in [0.2, 0.25) is 0 Å². The monoisotopic (exact) mass is 503 g/mol. The van der Waals surface area contributed by atoms with Gasteiger partial charge in [-0.15, -0.1) is 5.10 Å². The van der Waals surface area contributed by atoms with E-state index in [2.05, 4.69) is 32.3 Å². The second kappa shape index (κ2) is 8.64. The molecule has 0 unspecified atom stereocenters. The molecule has 0 bridgehead atoms. The Morgan fingerprint density at radius 1 is 1.16 bits per heavy atom. The molecule has 194 valence electrons. The van der Waals surface area contributed by atoms with E-state index in [9.17, 15) is 4.79 Å². The van der Waals surface area contributed by atoms with Gasteiger partial charge in [0, 0.05) is 48.9 Å². The average Bonchev–Trinajstić information content (AvgIpc) is 3.43. The molecule has 10 heteroatoms. The molecular weight excluding hydrogens is 470 g/mol. The molecule has 1 amide bonds. The third-order valence-electron chi connectivity index (χ3n) is 7.32. The molecule has 2 fully saturated rings. The fourth-order valence-electron chi connectivity index (χ4n) is 5.47. The zero-order chi connectivity index (χ0) is 25.8. The number of nitrogens with one attached hydrogen (secondary N) is 1. The number of ether oxygens (including phenoxy) is 2. The molecule has 0 atom stereocenters. The van der Waals surface area contributed by atoms with Gasteiger partial charge in [0.15, 0.2) is 5.65 Å². The fraction of sp³-hybridized carbons (Fsp3) is 0.481. The van der Waals surface area contributed by atoms with Crippen LogP contribution >= 0.6 is 0 Å². The van der Waals surface area contributed by atoms with E-state index in [4.69, 9.17) is 14.5 Å². The smallest absolute Gasteiger partial charge is 0.410 e. The number of amides is 1. The van der Waals surface area contributed by atoms with Crippen molar-refractivity contribution in [3.8, 4) is 16.9 Å². The molecule has 0 aromatic carbocycles. The SMILES string of the molecule is CCOc1cc(-c2ccc(N3CC4(CCN(C(=O)OC(C)(C)C)CC4)C3)nc2)c2c3cn[nH]c3nn2c1. The topological polar surface area (TPSA) is 101 Å². The molecule has 6 rings (SSSR count). The van der Waals surface area contributed by atoms with E-state index < -0.39 is 5.60 Å². The summed E-state index contributed by atoms with van der Waals surface area (Å²) in [6, 6.07) is 6.24. The third-order valence-corrected chi connectivity index (χ3v) is 7.32. The molecule has 0 aliphatic carbocycles. The van der Waals surface area contributed by atoms with Crippen LogP contribution in [-0.2, 0) is 4.74 Å². The lowest BCUT2D eigenvalue weighted by molar-refractivity contribution is 0.00590. The van der Waals surface area contributed by atoms with Gasteiger partial charge in [-0.2, -0.15) is 5.10 Å². The zero-order valence-electron chi connectivity index (χ0n) is 21.8. The molecule has 6 heterocycles. The maximum Gasteiger partial charge on any atom is 0.410 e. The Morgan fingerprint density at radius 3 is 2.62 bits per heavy atom. The van der Waals surface area contributed by atoms with Crippen LogP contribution in [-0.4, -0.2) is 74.2 Å². The van der Waals surface area contributed by atoms with E-state index >= 15 is 0 Å². The number of pyridine rings is 2. The van der Waals surface area contributed by atoms with Crippen LogP contribution in [0.5, 0.6) is 5.75 Å². The molecular formula is C27H33N7O3. The molecule has 10 nitrogen and oxygen atoms in total. The molecule has 1 spiro atoms. The minimum atomic E-state index is -0.462. The van der Waals surface area contributed by atoms with Crippen molar-refractivity contribution in [2.75, 3.05) is 37.7 Å². The number of H-pyrrole nitrogens is 1. The molecule has 2 aliphatic rings. The van der Waals surface area contributed by atoms with Gasteiger partial charge in [0.05, 0.1) is 29.9 Å². The number of rotatable bonds is 4. The van der Waals surface area contributed by atoms with Gasteiger partial charge >= 0.3 is 6.09 Å². The van der Waals surface area contributed by atoms with Crippen LogP contribution < -0.4 is 9.64 Å². The molecule has 1 N–H and O–H groups in total. The molecule has 0 saturated carbocycles. The lowest BCUT2D eigenvalue weighted by Gasteiger charge is -2.54. The first-order chi connectivity index (χ1) is 17.7. The Kier molecular flexibility index (Phi) is 5.50. The lowest BCUT2D eigenvalue weighted by Crippen LogP contribution is -2.61. The van der Waals surface area contributed by atoms with Crippen LogP contribution in [0.3, 0.4) is 0 Å². The maximum atomic E-state index is 12.4. The summed E-state index contributed by atoms with van der Waals surface area (Å²) in [5.41, 5.74) is 3.50. The second-order valence-corrected chi connectivity index (χ2v) is 11.2. The number of hydrogen-bond acceptors (Lipinski definition) is 7. The first-order valence-electron chi connectivity index (χ1n) is 12.9. The standard InChI is InChI=1S/C27H33N7O3/c1-5-36-19-12-20(23-21-14-29-30-24(21)31-34(23)15-19)18-6-7-22(28-13-18)33-16-27(17-33)8-10-32(11-9-27)25(35)37-26(2,3)4/h6-7,12-15H,5,8-11,16-17H2,1-4H3,(H,30,31). The summed E-state index contributed by atoms with van der Waals surface area (Å²) in [6.45, 7) is 11.7. The van der Waals surface area contributed by atoms with E-state index in [-0.39, 0.29) is 11.5 Å². The highest BCUT2D eigenvalue weighted by Gasteiger charge is 2.46. The molecule has 2 aliphatic heterocycles. The molecule has 37 heavy (non-hydrogen) atoms. The minimum absolute atomic E-state index is 0.204. The van der Waals surface area contributed by atoms with Crippen molar-refractivity contribution >= 4 is 28.5 Å². The van der Waals surface area contributed by atoms with Crippen LogP contribution in [0.25, 0.3) is 27.7 Å². The largest absolute Gasteiger partial charge is 0.492 e. The Bertz CT molecular complexity index is 1430. The van der Waals surface area contributed by atoms with Crippen LogP contribution in [0.2, 0.25) is 0 Å². The van der Waals surface area contributed by atoms with Gasteiger partial charge in [-0.3, -0.25) is 5.10 Å². The number of carbonyl (C=O) groups is 1. The van der Waals surface area contributed by atoms with E-state index in [0.717, 1.165) is 78.3 Å². The Balaban J connectivity index is 1.16. The molecule has 2 saturated heterocycles. The number of nitrogens with zero attached hydrogens (tertiary/aromatic N) is 6. The normalized spacial score (nSPS) is 17.4. The summed E-state index contributed by atoms with van der Waals surface area (Å²) in [5.74, 6) is 1.73. The van der Waals surface area contributed by atoms with E-state index in [1.807, 2.05) is 55.6 Å². The van der Waals surface area contributed by atoms with Gasteiger partial charge in [-0.25, -0.2) is 14.3 Å². The zero-order valence-corrected chi connectivity index (χ0v) is 21.8. The highest BCUT2D eigenvalue weighted by atomic mass is 16.6. The number of piperidine rings is 1. The predicted molar refractivity (Wildman–Crippen MR) is 141 cm³/mol. The maximum absolute atomic E-state index is 12.4. The van der Waals surface area contributed by atoms with Crippen LogP contribution in [0.15, 0.2) is 36.8 Å². The van der Waals surface area contributed by atoms with Crippen molar-refractivity contribution in [3.63, 3.8) is 0 Å². The van der Waals surface area contributed by atoms with E-state index in [1.54, 1.807) is 6.20 Å². The Morgan fingerprint density at radius 2 is 1.95 bits per heavy atom. The van der Waals surface area contributed by atoms with Crippen LogP contribution in [0, 0.1) is 5.41 Å². The predicted octanol–water partition coefficient (Wildman–Crippen LogP) is 4.51. The highest BCUT2D eigenvalue weighted by Crippen LogP contribution is 2.43. The summed E-state index contributed by atoms with van der Waals surface area (Å²) >= 11 is 0. The Hall–Kier alpha value is -3.82. The molecule has 0 radical (unpaired) electrons. The number of aromatic amines is 1. The summed E-state index contributed by atoms with van der Waals surface area (Å²) in [4.78, 5) is 21.4. The van der Waals surface area contributed by atoms with Gasteiger partial charge in [0.1, 0.15) is 17.2 Å². The third kappa shape index (κ3) is 4.34. The average molecular weight is 504 g/mol. The number of likely N-dealkylation sites (tertiary alicyclic amines) is 1. The minimum Gasteiger partial charge on any atom is -0.492 e. The number of hydrogen-bond donors (Lipinski definition) is 1. The van der Waals surface area contributed by atoms with E-state index in [0.29, 0.717) is 6.61 Å². The summed E-state index contributed by atoms with van der Waals surface area (Å²) in [7, 11) is 0. The quantitative estimate of drug-likeness (QED) is 0.437. The highest BCUT2D eigenvalue weighted by molar-refractivity contribution is 6.00. The molecule has 4 aromatic rings. The van der Waals surface area contributed by atoms with Gasteiger partial charge in [0.25, 0.3) is 0 Å². The van der Waals surface area contributed by atoms with Crippen molar-refractivity contribution < 1.29 is 14.3 Å². The Labute approximate surface area is 215 Å². The number of fused-ring (bicyclic) bond motifs is 3. The molecule has 4 aromatic heterocycles. The van der Waals surface area contributed by atoms with Crippen molar-refractivity contribution in [2.24, 2.45) is 5.41 Å². The summed E-state index contributed by atoms with van der Waals surface area (Å²) < 4.78 is 13.2. The van der Waals surface area contributed by atoms with Crippen molar-refractivity contribution in [3.05, 3.63) is 36.8 Å². The van der Waals surface area contributed by atoms with Gasteiger partial charge in [-0.05, 0) is 58.7 Å². The summed E-state index contributed by atoms with van der Waals surface area (Å²) in [6.07, 6.45) is 7.40. The number of anilines is 1. The van der Waals surface area contributed by atoms with Crippen LogP contribution in [0.1, 0.15) is 40.5 Å². The summed E-state index contributed by atoms with van der Waals surface area (Å²) in [5, 5.41) is 12.7. The van der Waals surface area contributed by atoms with E-state index in [1.165, 1.54) is 0 Å². The van der Waals surface area contributed by atoms with Gasteiger partial charge in [-0.1, -0.05) is 0 Å². The van der Waals surface area contributed by atoms with Gasteiger partial charge < -0.3 is 19.3 Å². The van der Waals surface area contributed by atoms with Crippen molar-refractivity contribution in [1.29, 1.82) is 0 Å². The number of carbonyl (C=O) groups excluding carboxylic acids is 1. The van der Waals surface area contributed by atoms with Crippen molar-refractivity contribution in [2.45, 2.75) is 46.1 Å². The number of aromatic nitrogens is 5. The fourth-order valence-corrected chi connectivity index (χ4v) is 5.47. The lowest BCUT2D eigenvalue weighted by atomic mass is 9.72. The van der Waals surface area contributed by atoms with Crippen LogP contribution in [0.4, 0.5) is 10.6 Å². The first-order valence-corrected chi connectivity index (χ1v) is 12.9. The van der Waals surface area contributed by atoms with Crippen molar-refractivity contribution in [1.82, 2.24) is 29.7 Å². The second-order valence-electron chi connectivity index (χ2n) is 11.2. The first kappa shape index (κ1) is 23.6.